The second kappa shape index (κ2) is 4.78. The molecule has 0 heterocycles. The number of halogens is 1. The molecule has 5 heteroatoms. The first-order chi connectivity index (χ1) is 7.64. The van der Waals surface area contributed by atoms with Crippen LogP contribution in [-0.4, -0.2) is 20.0 Å². The molecular formula is C12H15ClO3S. The van der Waals surface area contributed by atoms with Crippen molar-refractivity contribution in [3.63, 3.8) is 0 Å². The van der Waals surface area contributed by atoms with E-state index >= 15 is 0 Å². The van der Waals surface area contributed by atoms with Crippen molar-refractivity contribution in [1.82, 2.24) is 0 Å². The highest BCUT2D eigenvalue weighted by molar-refractivity contribution is 7.92. The minimum absolute atomic E-state index is 0.0132. The predicted octanol–water partition coefficient (Wildman–Crippen LogP) is 2.73. The predicted molar refractivity (Wildman–Crippen MR) is 68.0 cm³/mol. The fourth-order valence-electron chi connectivity index (χ4n) is 1.16. The summed E-state index contributed by atoms with van der Waals surface area (Å²) in [5.74, 6) is -0.835. The average molecular weight is 275 g/mol. The zero-order valence-corrected chi connectivity index (χ0v) is 11.6. The first-order valence-corrected chi connectivity index (χ1v) is 7.18. The first-order valence-electron chi connectivity index (χ1n) is 5.15. The van der Waals surface area contributed by atoms with E-state index in [4.69, 9.17) is 11.6 Å². The summed E-state index contributed by atoms with van der Waals surface area (Å²) in [6.07, 6.45) is 0. The number of ketones is 1. The van der Waals surface area contributed by atoms with Gasteiger partial charge >= 0.3 is 0 Å². The molecule has 0 atom stereocenters. The summed E-state index contributed by atoms with van der Waals surface area (Å²) >= 11 is 5.82. The van der Waals surface area contributed by atoms with Gasteiger partial charge in [-0.2, -0.15) is 0 Å². The number of hydrogen-bond acceptors (Lipinski definition) is 3. The Hall–Kier alpha value is -0.870. The second-order valence-corrected chi connectivity index (χ2v) is 7.23. The van der Waals surface area contributed by atoms with Gasteiger partial charge < -0.3 is 0 Å². The van der Waals surface area contributed by atoms with Crippen molar-refractivity contribution in [3.05, 3.63) is 29.3 Å². The van der Waals surface area contributed by atoms with Gasteiger partial charge in [-0.25, -0.2) is 8.42 Å². The molecule has 0 aliphatic rings. The quantitative estimate of drug-likeness (QED) is 0.852. The third kappa shape index (κ3) is 3.54. The zero-order chi connectivity index (χ0) is 13.3. The first kappa shape index (κ1) is 14.2. The van der Waals surface area contributed by atoms with E-state index < -0.39 is 21.0 Å². The lowest BCUT2D eigenvalue weighted by Gasteiger charge is -2.16. The molecule has 0 aliphatic heterocycles. The van der Waals surface area contributed by atoms with Gasteiger partial charge in [0.1, 0.15) is 5.75 Å². The zero-order valence-electron chi connectivity index (χ0n) is 10.0. The van der Waals surface area contributed by atoms with Crippen LogP contribution >= 0.6 is 11.6 Å². The van der Waals surface area contributed by atoms with Crippen LogP contribution in [-0.2, 0) is 14.6 Å². The van der Waals surface area contributed by atoms with Crippen LogP contribution < -0.4 is 0 Å². The summed E-state index contributed by atoms with van der Waals surface area (Å²) in [7, 11) is -3.65. The van der Waals surface area contributed by atoms with Gasteiger partial charge in [-0.15, -0.1) is 0 Å². The molecule has 0 radical (unpaired) electrons. The minimum Gasteiger partial charge on any atom is -0.298 e. The van der Waals surface area contributed by atoms with Gasteiger partial charge in [-0.3, -0.25) is 4.79 Å². The number of Topliss-reactive ketones (excluding diaryl/α,β-unsaturated/α-hetero) is 1. The molecule has 0 spiro atoms. The van der Waals surface area contributed by atoms with E-state index in [1.807, 2.05) is 0 Å². The van der Waals surface area contributed by atoms with Gasteiger partial charge in [0.05, 0.1) is 9.92 Å². The summed E-state index contributed by atoms with van der Waals surface area (Å²) in [4.78, 5) is 11.8. The highest BCUT2D eigenvalue weighted by atomic mass is 35.5. The standard InChI is InChI=1S/C12H15ClO3S/c1-12(2,3)11(14)8-17(15,16)10-7-5-4-6-9(10)13/h4-7H,8H2,1-3H3. The average Bonchev–Trinajstić information content (AvgIpc) is 2.15. The van der Waals surface area contributed by atoms with Gasteiger partial charge in [0.15, 0.2) is 15.6 Å². The number of rotatable bonds is 3. The van der Waals surface area contributed by atoms with E-state index in [0.29, 0.717) is 0 Å². The maximum atomic E-state index is 12.0. The van der Waals surface area contributed by atoms with Crippen LogP contribution in [0.3, 0.4) is 0 Å². The van der Waals surface area contributed by atoms with Crippen molar-refractivity contribution in [3.8, 4) is 0 Å². The largest absolute Gasteiger partial charge is 0.298 e. The fraction of sp³-hybridized carbons (Fsp3) is 0.417. The molecule has 94 valence electrons. The number of carbonyl (C=O) groups is 1. The molecule has 17 heavy (non-hydrogen) atoms. The van der Waals surface area contributed by atoms with Crippen molar-refractivity contribution in [2.24, 2.45) is 5.41 Å². The Bertz CT molecular complexity index is 527. The van der Waals surface area contributed by atoms with Crippen LogP contribution in [0.5, 0.6) is 0 Å². The molecule has 0 saturated carbocycles. The molecule has 0 saturated heterocycles. The Kier molecular flexibility index (Phi) is 3.99. The smallest absolute Gasteiger partial charge is 0.186 e. The third-order valence-electron chi connectivity index (χ3n) is 2.33. The Morgan fingerprint density at radius 1 is 1.24 bits per heavy atom. The minimum atomic E-state index is -3.65. The van der Waals surface area contributed by atoms with Crippen LogP contribution in [0.15, 0.2) is 29.2 Å². The van der Waals surface area contributed by atoms with Crippen LogP contribution in [0, 0.1) is 5.41 Å². The second-order valence-electron chi connectivity index (χ2n) is 4.86. The van der Waals surface area contributed by atoms with E-state index in [2.05, 4.69) is 0 Å². The van der Waals surface area contributed by atoms with E-state index in [1.54, 1.807) is 32.9 Å². The van der Waals surface area contributed by atoms with Gasteiger partial charge in [0.2, 0.25) is 0 Å². The molecule has 0 amide bonds. The number of carbonyl (C=O) groups excluding carboxylic acids is 1. The van der Waals surface area contributed by atoms with Crippen LogP contribution in [0.25, 0.3) is 0 Å². The highest BCUT2D eigenvalue weighted by Gasteiger charge is 2.28. The molecule has 0 fully saturated rings. The van der Waals surface area contributed by atoms with Crippen LogP contribution in [0.4, 0.5) is 0 Å². The summed E-state index contributed by atoms with van der Waals surface area (Å²) in [6, 6.07) is 6.14. The van der Waals surface area contributed by atoms with Crippen LogP contribution in [0.2, 0.25) is 5.02 Å². The maximum Gasteiger partial charge on any atom is 0.186 e. The number of hydrogen-bond donors (Lipinski definition) is 0. The summed E-state index contributed by atoms with van der Waals surface area (Å²) in [6.45, 7) is 5.08. The summed E-state index contributed by atoms with van der Waals surface area (Å²) < 4.78 is 24.0. The summed E-state index contributed by atoms with van der Waals surface area (Å²) in [5.41, 5.74) is -0.672. The fourth-order valence-corrected chi connectivity index (χ4v) is 3.24. The van der Waals surface area contributed by atoms with Gasteiger partial charge in [-0.05, 0) is 12.1 Å². The van der Waals surface area contributed by atoms with Crippen molar-refractivity contribution in [2.75, 3.05) is 5.75 Å². The molecule has 0 aromatic heterocycles. The Morgan fingerprint density at radius 2 is 1.76 bits per heavy atom. The molecular weight excluding hydrogens is 260 g/mol. The SMILES string of the molecule is CC(C)(C)C(=O)CS(=O)(=O)c1ccccc1Cl. The van der Waals surface area contributed by atoms with Crippen molar-refractivity contribution >= 4 is 27.2 Å². The molecule has 0 aliphatic carbocycles. The lowest BCUT2D eigenvalue weighted by Crippen LogP contribution is -2.28. The van der Waals surface area contributed by atoms with E-state index in [9.17, 15) is 13.2 Å². The molecule has 1 rings (SSSR count). The van der Waals surface area contributed by atoms with Crippen molar-refractivity contribution in [1.29, 1.82) is 0 Å². The summed E-state index contributed by atoms with van der Waals surface area (Å²) in [5, 5.41) is 0.147. The van der Waals surface area contributed by atoms with Gasteiger partial charge in [0, 0.05) is 5.41 Å². The molecule has 0 unspecified atom stereocenters. The molecule has 0 N–H and O–H groups in total. The Morgan fingerprint density at radius 3 is 2.24 bits per heavy atom. The molecule has 1 aromatic carbocycles. The van der Waals surface area contributed by atoms with Gasteiger partial charge in [-0.1, -0.05) is 44.5 Å². The van der Waals surface area contributed by atoms with E-state index in [1.165, 1.54) is 12.1 Å². The third-order valence-corrected chi connectivity index (χ3v) is 4.44. The number of benzene rings is 1. The normalized spacial score (nSPS) is 12.5. The van der Waals surface area contributed by atoms with Crippen LogP contribution in [0.1, 0.15) is 20.8 Å². The van der Waals surface area contributed by atoms with E-state index in [-0.39, 0.29) is 15.7 Å². The van der Waals surface area contributed by atoms with E-state index in [0.717, 1.165) is 0 Å². The molecule has 1 aromatic rings. The molecule has 0 bridgehead atoms. The van der Waals surface area contributed by atoms with Crippen molar-refractivity contribution < 1.29 is 13.2 Å². The highest BCUT2D eigenvalue weighted by Crippen LogP contribution is 2.24. The van der Waals surface area contributed by atoms with Gasteiger partial charge in [0.25, 0.3) is 0 Å². The number of sulfone groups is 1. The van der Waals surface area contributed by atoms with Crippen molar-refractivity contribution in [2.45, 2.75) is 25.7 Å². The lowest BCUT2D eigenvalue weighted by atomic mass is 9.92. The monoisotopic (exact) mass is 274 g/mol. The Labute approximate surface area is 107 Å². The molecule has 3 nitrogen and oxygen atoms in total. The Balaban J connectivity index is 3.07. The topological polar surface area (TPSA) is 51.2 Å². The lowest BCUT2D eigenvalue weighted by molar-refractivity contribution is -0.123. The maximum absolute atomic E-state index is 12.0.